The lowest BCUT2D eigenvalue weighted by atomic mass is 9.62. The van der Waals surface area contributed by atoms with Gasteiger partial charge < -0.3 is 32.9 Å². The highest BCUT2D eigenvalue weighted by atomic mass is 28.4. The van der Waals surface area contributed by atoms with Gasteiger partial charge in [0.1, 0.15) is 23.7 Å². The molecule has 7 aromatic carbocycles. The Morgan fingerprint density at radius 2 is 1.08 bits per heavy atom. The number of aromatic nitrogens is 2. The number of hydrogen-bond donors (Lipinski definition) is 2. The molecule has 76 heavy (non-hydrogen) atoms. The lowest BCUT2D eigenvalue weighted by Gasteiger charge is -2.59. The molecular weight excluding hydrogens is 985 g/mol. The number of nitrogens with one attached hydrogen (secondary N) is 1. The zero-order chi connectivity index (χ0) is 53.7. The zero-order valence-corrected chi connectivity index (χ0v) is 46.6. The van der Waals surface area contributed by atoms with Crippen LogP contribution in [-0.2, 0) is 30.5 Å². The maximum absolute atomic E-state index is 14.5. The lowest BCUT2D eigenvalue weighted by molar-refractivity contribution is -0.273. The van der Waals surface area contributed by atoms with Crippen molar-refractivity contribution in [2.75, 3.05) is 14.2 Å². The number of aliphatic hydroxyl groups is 1. The fraction of sp³-hybridized carbons (Fsp3) is 0.270. The molecule has 11 nitrogen and oxygen atoms in total. The van der Waals surface area contributed by atoms with Crippen LogP contribution in [0.3, 0.4) is 0 Å². The largest absolute Gasteiger partial charge is 0.497 e. The number of benzene rings is 7. The summed E-state index contributed by atoms with van der Waals surface area (Å²) in [7, 11) is -3.40. The first kappa shape index (κ1) is 53.9. The van der Waals surface area contributed by atoms with Gasteiger partial charge in [-0.25, -0.2) is 4.79 Å². The summed E-state index contributed by atoms with van der Waals surface area (Å²) in [4.78, 5) is 30.0. The third-order valence-electron chi connectivity index (χ3n) is 14.7. The fourth-order valence-corrected chi connectivity index (χ4v) is 18.7. The maximum atomic E-state index is 14.5. The quantitative estimate of drug-likeness (QED) is 0.0817. The van der Waals surface area contributed by atoms with Crippen LogP contribution in [0.4, 0.5) is 0 Å². The van der Waals surface area contributed by atoms with Crippen LogP contribution in [0.2, 0.25) is 5.04 Å². The molecule has 1 aliphatic rings. The first-order valence-corrected chi connectivity index (χ1v) is 29.3. The first-order chi connectivity index (χ1) is 36.6. The van der Waals surface area contributed by atoms with Crippen LogP contribution in [-0.4, -0.2) is 70.1 Å². The number of hydrogen-bond acceptors (Lipinski definition) is 9. The van der Waals surface area contributed by atoms with Crippen LogP contribution in [0.1, 0.15) is 64.5 Å². The number of rotatable bonds is 18. The fourth-order valence-electron chi connectivity index (χ4n) is 11.3. The summed E-state index contributed by atoms with van der Waals surface area (Å²) in [6, 6.07) is 67.6. The molecule has 1 fully saturated rings. The van der Waals surface area contributed by atoms with Crippen LogP contribution in [0.25, 0.3) is 0 Å². The smallest absolute Gasteiger partial charge is 0.330 e. The molecule has 1 aliphatic heterocycles. The van der Waals surface area contributed by atoms with Gasteiger partial charge in [-0.3, -0.25) is 14.3 Å². The number of aromatic amines is 1. The molecule has 2 N–H and O–H groups in total. The van der Waals surface area contributed by atoms with Crippen LogP contribution in [0.15, 0.2) is 222 Å². The Labute approximate surface area is 448 Å². The third-order valence-corrected chi connectivity index (χ3v) is 22.2. The van der Waals surface area contributed by atoms with Crippen molar-refractivity contribution in [3.05, 3.63) is 250 Å². The van der Waals surface area contributed by atoms with Crippen molar-refractivity contribution in [1.82, 2.24) is 9.55 Å². The van der Waals surface area contributed by atoms with Gasteiger partial charge in [0.05, 0.1) is 26.9 Å². The Kier molecular flexibility index (Phi) is 15.8. The molecule has 2 heterocycles. The standard InChI is InChI=1S/C63H68N2O9Si2/c1-60(2,3)58(73-75(50-26-16-10-17-27-50)51-28-18-11-19-29-51)63(62(46-34-38-48(69-7)39-35-46,47-36-40-49(70-8)41-37-47)71-44-45-24-14-9-15-25-45)56(55(67)57(72-63)65-43-42-54(66)64-59(65)68)74-76(61(4,5)6,52-30-20-12-21-31-52)53-32-22-13-23-33-53/h9-43,55-58,67,75H,44H2,1-8H3,(H,64,66,68). The number of methoxy groups -OCH3 is 2. The Morgan fingerprint density at radius 3 is 1.50 bits per heavy atom. The summed E-state index contributed by atoms with van der Waals surface area (Å²) in [6.45, 7) is 12.9. The molecule has 392 valence electrons. The van der Waals surface area contributed by atoms with E-state index in [1.807, 2.05) is 152 Å². The summed E-state index contributed by atoms with van der Waals surface area (Å²) in [6.07, 6.45) is -4.29. The number of H-pyrrole nitrogens is 1. The van der Waals surface area contributed by atoms with Crippen molar-refractivity contribution in [1.29, 1.82) is 0 Å². The molecule has 13 heteroatoms. The van der Waals surface area contributed by atoms with E-state index in [9.17, 15) is 14.7 Å². The van der Waals surface area contributed by atoms with Gasteiger partial charge in [-0.15, -0.1) is 0 Å². The summed E-state index contributed by atoms with van der Waals surface area (Å²) in [5.74, 6) is 1.19. The molecule has 1 aromatic heterocycles. The van der Waals surface area contributed by atoms with E-state index >= 15 is 0 Å². The molecular formula is C63H68N2O9Si2. The van der Waals surface area contributed by atoms with E-state index in [1.54, 1.807) is 14.2 Å². The molecule has 0 saturated carbocycles. The average molecular weight is 1050 g/mol. The Hall–Kier alpha value is -6.95. The predicted octanol–water partition coefficient (Wildman–Crippen LogP) is 8.26. The average Bonchev–Trinajstić information content (AvgIpc) is 3.90. The number of ether oxygens (including phenoxy) is 4. The first-order valence-electron chi connectivity index (χ1n) is 25.8. The second-order valence-corrected chi connectivity index (χ2v) is 28.1. The van der Waals surface area contributed by atoms with E-state index in [-0.39, 0.29) is 6.61 Å². The van der Waals surface area contributed by atoms with Crippen LogP contribution >= 0.6 is 0 Å². The molecule has 0 amide bonds. The van der Waals surface area contributed by atoms with Gasteiger partial charge in [0.15, 0.2) is 17.4 Å². The predicted molar refractivity (Wildman–Crippen MR) is 304 cm³/mol. The van der Waals surface area contributed by atoms with E-state index in [0.717, 1.165) is 26.3 Å². The van der Waals surface area contributed by atoms with E-state index in [4.69, 9.17) is 27.8 Å². The van der Waals surface area contributed by atoms with E-state index in [0.29, 0.717) is 22.6 Å². The van der Waals surface area contributed by atoms with E-state index in [1.165, 1.54) is 16.8 Å². The summed E-state index contributed by atoms with van der Waals surface area (Å²) in [5, 5.41) is 17.4. The highest BCUT2D eigenvalue weighted by Gasteiger charge is 2.75. The molecule has 5 unspecified atom stereocenters. The number of nitrogens with zero attached hydrogens (tertiary/aromatic N) is 1. The Bertz CT molecular complexity index is 3130. The zero-order valence-electron chi connectivity index (χ0n) is 44.5. The van der Waals surface area contributed by atoms with Gasteiger partial charge in [0, 0.05) is 12.3 Å². The normalized spacial score (nSPS) is 18.6. The second-order valence-electron chi connectivity index (χ2n) is 21.5. The molecule has 0 radical (unpaired) electrons. The van der Waals surface area contributed by atoms with Gasteiger partial charge in [0.25, 0.3) is 13.9 Å². The van der Waals surface area contributed by atoms with E-state index in [2.05, 4.69) is 95.1 Å². The van der Waals surface area contributed by atoms with Crippen LogP contribution < -0.4 is 41.5 Å². The molecule has 0 bridgehead atoms. The van der Waals surface area contributed by atoms with Crippen molar-refractivity contribution < 1.29 is 32.9 Å². The monoisotopic (exact) mass is 1050 g/mol. The van der Waals surface area contributed by atoms with E-state index < -0.39 is 74.8 Å². The SMILES string of the molecule is COc1ccc(C(OCc2ccccc2)(c2ccc(OC)cc2)C2(C(O[SiH](c3ccccc3)c3ccccc3)C(C)(C)C)OC(n3ccc(=O)[nH]c3=O)C(O)C2O[Si](c2ccccc2)(c2ccccc2)C(C)(C)C)cc1. The van der Waals surface area contributed by atoms with Crippen molar-refractivity contribution in [3.63, 3.8) is 0 Å². The molecule has 5 atom stereocenters. The highest BCUT2D eigenvalue weighted by Crippen LogP contribution is 2.61. The van der Waals surface area contributed by atoms with Gasteiger partial charge in [-0.05, 0) is 72.2 Å². The topological polar surface area (TPSA) is 130 Å². The minimum absolute atomic E-state index is 0.0321. The summed E-state index contributed by atoms with van der Waals surface area (Å²) < 4.78 is 45.9. The van der Waals surface area contributed by atoms with Gasteiger partial charge >= 0.3 is 5.69 Å². The molecule has 0 aliphatic carbocycles. The van der Waals surface area contributed by atoms with Crippen LogP contribution in [0, 0.1) is 5.41 Å². The summed E-state index contributed by atoms with van der Waals surface area (Å²) in [5.41, 5.74) is -4.08. The van der Waals surface area contributed by atoms with Crippen molar-refractivity contribution >= 4 is 38.1 Å². The van der Waals surface area contributed by atoms with Gasteiger partial charge in [0.2, 0.25) is 9.04 Å². The second kappa shape index (κ2) is 22.3. The van der Waals surface area contributed by atoms with Gasteiger partial charge in [-0.2, -0.15) is 0 Å². The molecule has 0 spiro atoms. The minimum Gasteiger partial charge on any atom is -0.497 e. The molecule has 8 aromatic rings. The van der Waals surface area contributed by atoms with Crippen molar-refractivity contribution in [3.8, 4) is 11.5 Å². The maximum Gasteiger partial charge on any atom is 0.330 e. The minimum atomic E-state index is -3.79. The van der Waals surface area contributed by atoms with Crippen molar-refractivity contribution in [2.24, 2.45) is 5.41 Å². The Balaban J connectivity index is 1.51. The molecule has 1 saturated heterocycles. The Morgan fingerprint density at radius 1 is 0.632 bits per heavy atom. The van der Waals surface area contributed by atoms with Gasteiger partial charge in [-0.1, -0.05) is 217 Å². The molecule has 9 rings (SSSR count). The lowest BCUT2D eigenvalue weighted by Crippen LogP contribution is -2.76. The number of aliphatic hydroxyl groups excluding tert-OH is 1. The van der Waals surface area contributed by atoms with Crippen LogP contribution in [0.5, 0.6) is 11.5 Å². The van der Waals surface area contributed by atoms with Crippen molar-refractivity contribution in [2.45, 2.75) is 88.9 Å². The highest BCUT2D eigenvalue weighted by molar-refractivity contribution is 6.99. The third kappa shape index (κ3) is 10.1. The summed E-state index contributed by atoms with van der Waals surface area (Å²) >= 11 is 0.